The summed E-state index contributed by atoms with van der Waals surface area (Å²) in [6.45, 7) is 2.90. The first kappa shape index (κ1) is 13.3. The van der Waals surface area contributed by atoms with Gasteiger partial charge in [-0.3, -0.25) is 4.90 Å². The van der Waals surface area contributed by atoms with Gasteiger partial charge in [-0.05, 0) is 24.7 Å². The van der Waals surface area contributed by atoms with Gasteiger partial charge in [-0.25, -0.2) is 4.98 Å². The Balaban J connectivity index is 1.59. The third-order valence-electron chi connectivity index (χ3n) is 4.34. The van der Waals surface area contributed by atoms with E-state index < -0.39 is 12.2 Å². The normalized spacial score (nSPS) is 35.3. The van der Waals surface area contributed by atoms with Crippen LogP contribution in [0.4, 0.5) is 5.13 Å². The molecule has 1 saturated heterocycles. The van der Waals surface area contributed by atoms with Gasteiger partial charge < -0.3 is 15.5 Å². The molecular weight excluding hydrogens is 262 g/mol. The zero-order chi connectivity index (χ0) is 13.4. The Labute approximate surface area is 117 Å². The topological polar surface area (TPSA) is 68.6 Å². The first-order chi connectivity index (χ1) is 9.15. The first-order valence-corrected chi connectivity index (χ1v) is 7.74. The van der Waals surface area contributed by atoms with Crippen molar-refractivity contribution >= 4 is 16.5 Å². The molecule has 2 aliphatic rings. The van der Waals surface area contributed by atoms with Gasteiger partial charge in [0.25, 0.3) is 0 Å². The van der Waals surface area contributed by atoms with Gasteiger partial charge in [0, 0.05) is 32.1 Å². The lowest BCUT2D eigenvalue weighted by Crippen LogP contribution is -2.38. The molecule has 0 spiro atoms. The van der Waals surface area contributed by atoms with E-state index in [2.05, 4.69) is 20.6 Å². The van der Waals surface area contributed by atoms with Crippen molar-refractivity contribution in [3.8, 4) is 0 Å². The fourth-order valence-corrected chi connectivity index (χ4v) is 4.02. The van der Waals surface area contributed by atoms with Crippen LogP contribution in [0.25, 0.3) is 0 Å². The molecule has 0 radical (unpaired) electrons. The second-order valence-electron chi connectivity index (χ2n) is 5.71. The molecule has 1 saturated carbocycles. The van der Waals surface area contributed by atoms with Crippen LogP contribution in [0.15, 0.2) is 5.38 Å². The van der Waals surface area contributed by atoms with E-state index in [4.69, 9.17) is 0 Å². The minimum Gasteiger partial charge on any atom is -0.390 e. The molecule has 4 atom stereocenters. The standard InChI is InChI=1S/C13H21N3O2S/c1-14-13-15-10(7-19-13)6-16-4-8-2-11(17)12(18)3-9(8)5-16/h7-9,11-12,17-18H,2-6H2,1H3,(H,14,15)/t8-,9+,11-,12-/m0/s1. The zero-order valence-corrected chi connectivity index (χ0v) is 11.9. The Morgan fingerprint density at radius 3 is 2.47 bits per heavy atom. The van der Waals surface area contributed by atoms with Gasteiger partial charge >= 0.3 is 0 Å². The summed E-state index contributed by atoms with van der Waals surface area (Å²) in [6.07, 6.45) is 0.412. The van der Waals surface area contributed by atoms with Crippen LogP contribution in [0.5, 0.6) is 0 Å². The minimum atomic E-state index is -0.531. The molecule has 0 aromatic carbocycles. The maximum atomic E-state index is 9.75. The van der Waals surface area contributed by atoms with E-state index in [-0.39, 0.29) is 0 Å². The monoisotopic (exact) mass is 283 g/mol. The van der Waals surface area contributed by atoms with Crippen molar-refractivity contribution in [1.29, 1.82) is 0 Å². The fraction of sp³-hybridized carbons (Fsp3) is 0.769. The smallest absolute Gasteiger partial charge is 0.182 e. The molecule has 2 heterocycles. The Bertz CT molecular complexity index is 421. The summed E-state index contributed by atoms with van der Waals surface area (Å²) in [5, 5.41) is 25.6. The number of nitrogens with zero attached hydrogens (tertiary/aromatic N) is 2. The van der Waals surface area contributed by atoms with Crippen LogP contribution in [-0.4, -0.2) is 52.4 Å². The number of fused-ring (bicyclic) bond motifs is 1. The van der Waals surface area contributed by atoms with E-state index in [0.29, 0.717) is 11.8 Å². The molecule has 1 aliphatic carbocycles. The van der Waals surface area contributed by atoms with Crippen LogP contribution >= 0.6 is 11.3 Å². The highest BCUT2D eigenvalue weighted by Gasteiger charge is 2.40. The number of hydrogen-bond donors (Lipinski definition) is 3. The molecule has 1 aromatic rings. The summed E-state index contributed by atoms with van der Waals surface area (Å²) in [4.78, 5) is 6.90. The first-order valence-electron chi connectivity index (χ1n) is 6.86. The summed E-state index contributed by atoms with van der Waals surface area (Å²) in [7, 11) is 1.88. The average Bonchev–Trinajstić information content (AvgIpc) is 2.97. The van der Waals surface area contributed by atoms with E-state index in [1.807, 2.05) is 7.05 Å². The summed E-state index contributed by atoms with van der Waals surface area (Å²) < 4.78 is 0. The molecule has 1 aliphatic heterocycles. The Hall–Kier alpha value is -0.690. The molecule has 3 rings (SSSR count). The Kier molecular flexibility index (Phi) is 3.75. The largest absolute Gasteiger partial charge is 0.390 e. The van der Waals surface area contributed by atoms with Crippen LogP contribution in [0.1, 0.15) is 18.5 Å². The molecule has 19 heavy (non-hydrogen) atoms. The lowest BCUT2D eigenvalue weighted by molar-refractivity contribution is -0.0372. The molecule has 6 heteroatoms. The highest BCUT2D eigenvalue weighted by atomic mass is 32.1. The molecule has 1 aromatic heterocycles. The maximum Gasteiger partial charge on any atom is 0.182 e. The number of anilines is 1. The van der Waals surface area contributed by atoms with Crippen molar-refractivity contribution < 1.29 is 10.2 Å². The van der Waals surface area contributed by atoms with E-state index in [1.54, 1.807) is 11.3 Å². The lowest BCUT2D eigenvalue weighted by Gasteiger charge is -2.32. The number of aromatic nitrogens is 1. The van der Waals surface area contributed by atoms with Crippen molar-refractivity contribution in [2.45, 2.75) is 31.6 Å². The molecule has 0 amide bonds. The van der Waals surface area contributed by atoms with E-state index >= 15 is 0 Å². The summed E-state index contributed by atoms with van der Waals surface area (Å²) in [5.41, 5.74) is 1.11. The SMILES string of the molecule is CNc1nc(CN2C[C@H]3C[C@H](O)[C@@H](O)C[C@H]3C2)cs1. The van der Waals surface area contributed by atoms with Crippen LogP contribution < -0.4 is 5.32 Å². The van der Waals surface area contributed by atoms with Gasteiger partial charge in [0.2, 0.25) is 0 Å². The number of nitrogens with one attached hydrogen (secondary N) is 1. The zero-order valence-electron chi connectivity index (χ0n) is 11.1. The molecule has 5 nitrogen and oxygen atoms in total. The highest BCUT2D eigenvalue weighted by molar-refractivity contribution is 7.13. The van der Waals surface area contributed by atoms with Crippen molar-refractivity contribution in [2.24, 2.45) is 11.8 Å². The molecule has 106 valence electrons. The van der Waals surface area contributed by atoms with Crippen molar-refractivity contribution in [2.75, 3.05) is 25.5 Å². The van der Waals surface area contributed by atoms with Gasteiger partial charge in [-0.15, -0.1) is 11.3 Å². The van der Waals surface area contributed by atoms with Gasteiger partial charge in [0.15, 0.2) is 5.13 Å². The van der Waals surface area contributed by atoms with Crippen molar-refractivity contribution in [1.82, 2.24) is 9.88 Å². The predicted molar refractivity (Wildman–Crippen MR) is 75.2 cm³/mol. The Morgan fingerprint density at radius 2 is 1.95 bits per heavy atom. The van der Waals surface area contributed by atoms with Crippen LogP contribution in [0.2, 0.25) is 0 Å². The average molecular weight is 283 g/mol. The van der Waals surface area contributed by atoms with Gasteiger partial charge in [-0.2, -0.15) is 0 Å². The summed E-state index contributed by atoms with van der Waals surface area (Å²) in [6, 6.07) is 0. The molecule has 0 bridgehead atoms. The second-order valence-corrected chi connectivity index (χ2v) is 6.57. The van der Waals surface area contributed by atoms with Gasteiger partial charge in [0.05, 0.1) is 17.9 Å². The maximum absolute atomic E-state index is 9.75. The number of thiazole rings is 1. The number of hydrogen-bond acceptors (Lipinski definition) is 6. The predicted octanol–water partition coefficient (Wildman–Crippen LogP) is 0.748. The molecule has 0 unspecified atom stereocenters. The van der Waals surface area contributed by atoms with Crippen LogP contribution in [0.3, 0.4) is 0 Å². The summed E-state index contributed by atoms with van der Waals surface area (Å²) >= 11 is 1.63. The lowest BCUT2D eigenvalue weighted by atomic mass is 9.79. The number of aliphatic hydroxyl groups excluding tert-OH is 2. The van der Waals surface area contributed by atoms with Crippen molar-refractivity contribution in [3.63, 3.8) is 0 Å². The molecule has 2 fully saturated rings. The number of aliphatic hydroxyl groups is 2. The van der Waals surface area contributed by atoms with E-state index in [0.717, 1.165) is 43.3 Å². The number of likely N-dealkylation sites (tertiary alicyclic amines) is 1. The van der Waals surface area contributed by atoms with Crippen LogP contribution in [0, 0.1) is 11.8 Å². The fourth-order valence-electron chi connectivity index (χ4n) is 3.36. The van der Waals surface area contributed by atoms with Crippen molar-refractivity contribution in [3.05, 3.63) is 11.1 Å². The number of rotatable bonds is 3. The Morgan fingerprint density at radius 1 is 1.32 bits per heavy atom. The second kappa shape index (κ2) is 5.36. The van der Waals surface area contributed by atoms with Crippen LogP contribution in [-0.2, 0) is 6.54 Å². The molecule has 3 N–H and O–H groups in total. The van der Waals surface area contributed by atoms with E-state index in [9.17, 15) is 10.2 Å². The highest BCUT2D eigenvalue weighted by Crippen LogP contribution is 2.37. The van der Waals surface area contributed by atoms with Gasteiger partial charge in [-0.1, -0.05) is 0 Å². The quantitative estimate of drug-likeness (QED) is 0.764. The summed E-state index contributed by atoms with van der Waals surface area (Å²) in [5.74, 6) is 1.06. The van der Waals surface area contributed by atoms with Gasteiger partial charge in [0.1, 0.15) is 0 Å². The third-order valence-corrected chi connectivity index (χ3v) is 5.24. The molecular formula is C13H21N3O2S. The third kappa shape index (κ3) is 2.76. The van der Waals surface area contributed by atoms with E-state index in [1.165, 1.54) is 0 Å². The minimum absolute atomic E-state index is 0.529.